The van der Waals surface area contributed by atoms with Gasteiger partial charge in [0.2, 0.25) is 0 Å². The molecule has 1 atom stereocenters. The van der Waals surface area contributed by atoms with Crippen molar-refractivity contribution in [3.63, 3.8) is 0 Å². The summed E-state index contributed by atoms with van der Waals surface area (Å²) in [5.41, 5.74) is 0. The maximum absolute atomic E-state index is 12.3. The van der Waals surface area contributed by atoms with Crippen LogP contribution in [0.5, 0.6) is 11.5 Å². The van der Waals surface area contributed by atoms with Crippen LogP contribution in [0.3, 0.4) is 0 Å². The summed E-state index contributed by atoms with van der Waals surface area (Å²) in [6, 6.07) is 10.8. The number of morpholine rings is 1. The summed E-state index contributed by atoms with van der Waals surface area (Å²) in [5, 5.41) is 0. The fraction of sp³-hybridized carbons (Fsp3) is 0.353. The molecule has 6 heteroatoms. The molecular formula is C17H19NO5. The first kappa shape index (κ1) is 15.4. The Morgan fingerprint density at radius 1 is 1.30 bits per heavy atom. The van der Waals surface area contributed by atoms with E-state index >= 15 is 0 Å². The Bertz CT molecular complexity index is 640. The number of hydrogen-bond acceptors (Lipinski definition) is 5. The molecule has 1 fully saturated rings. The predicted molar refractivity (Wildman–Crippen MR) is 82.8 cm³/mol. The third kappa shape index (κ3) is 3.84. The summed E-state index contributed by atoms with van der Waals surface area (Å²) in [7, 11) is 1.61. The van der Waals surface area contributed by atoms with Crippen molar-refractivity contribution in [2.24, 2.45) is 0 Å². The largest absolute Gasteiger partial charge is 0.497 e. The highest BCUT2D eigenvalue weighted by Gasteiger charge is 2.26. The van der Waals surface area contributed by atoms with Crippen LogP contribution in [-0.2, 0) is 4.74 Å². The molecule has 1 aliphatic heterocycles. The first-order chi connectivity index (χ1) is 11.3. The molecule has 1 saturated heterocycles. The van der Waals surface area contributed by atoms with Crippen LogP contribution < -0.4 is 9.47 Å². The second kappa shape index (κ2) is 7.19. The van der Waals surface area contributed by atoms with Crippen molar-refractivity contribution >= 4 is 5.91 Å². The average Bonchev–Trinajstić information content (AvgIpc) is 3.14. The van der Waals surface area contributed by atoms with Gasteiger partial charge in [0.25, 0.3) is 5.91 Å². The van der Waals surface area contributed by atoms with Crippen molar-refractivity contribution in [2.75, 3.05) is 33.4 Å². The molecule has 23 heavy (non-hydrogen) atoms. The van der Waals surface area contributed by atoms with E-state index in [1.54, 1.807) is 24.1 Å². The van der Waals surface area contributed by atoms with Crippen LogP contribution in [0.4, 0.5) is 0 Å². The molecule has 3 rings (SSSR count). The van der Waals surface area contributed by atoms with Gasteiger partial charge in [-0.3, -0.25) is 4.79 Å². The van der Waals surface area contributed by atoms with Crippen molar-refractivity contribution < 1.29 is 23.4 Å². The van der Waals surface area contributed by atoms with Crippen LogP contribution in [0.1, 0.15) is 10.6 Å². The Kier molecular flexibility index (Phi) is 4.83. The van der Waals surface area contributed by atoms with Gasteiger partial charge in [-0.1, -0.05) is 6.07 Å². The van der Waals surface area contributed by atoms with E-state index < -0.39 is 0 Å². The number of ether oxygens (including phenoxy) is 3. The summed E-state index contributed by atoms with van der Waals surface area (Å²) >= 11 is 0. The molecule has 1 aromatic carbocycles. The van der Waals surface area contributed by atoms with Gasteiger partial charge in [-0.05, 0) is 24.3 Å². The van der Waals surface area contributed by atoms with E-state index in [2.05, 4.69) is 0 Å². The van der Waals surface area contributed by atoms with Gasteiger partial charge in [-0.25, -0.2) is 0 Å². The normalized spacial score (nSPS) is 17.8. The molecule has 1 aromatic heterocycles. The van der Waals surface area contributed by atoms with E-state index in [9.17, 15) is 4.79 Å². The van der Waals surface area contributed by atoms with Crippen LogP contribution in [0.25, 0.3) is 0 Å². The van der Waals surface area contributed by atoms with E-state index in [-0.39, 0.29) is 12.0 Å². The van der Waals surface area contributed by atoms with Crippen LogP contribution in [-0.4, -0.2) is 50.3 Å². The maximum atomic E-state index is 12.3. The lowest BCUT2D eigenvalue weighted by Gasteiger charge is -2.32. The summed E-state index contributed by atoms with van der Waals surface area (Å²) in [6.45, 7) is 1.88. The number of rotatable bonds is 5. The summed E-state index contributed by atoms with van der Waals surface area (Å²) in [4.78, 5) is 14.0. The number of furan rings is 1. The number of carbonyl (C=O) groups excluding carboxylic acids is 1. The van der Waals surface area contributed by atoms with Gasteiger partial charge >= 0.3 is 0 Å². The molecule has 0 saturated carbocycles. The van der Waals surface area contributed by atoms with Gasteiger partial charge in [0.1, 0.15) is 24.2 Å². The Labute approximate surface area is 134 Å². The third-order valence-corrected chi connectivity index (χ3v) is 3.64. The molecular weight excluding hydrogens is 298 g/mol. The molecule has 1 aliphatic rings. The topological polar surface area (TPSA) is 61.1 Å². The second-order valence-electron chi connectivity index (χ2n) is 5.21. The lowest BCUT2D eigenvalue weighted by Crippen LogP contribution is -2.47. The van der Waals surface area contributed by atoms with E-state index in [0.29, 0.717) is 37.8 Å². The number of methoxy groups -OCH3 is 1. The van der Waals surface area contributed by atoms with Crippen molar-refractivity contribution in [1.29, 1.82) is 0 Å². The molecule has 0 aliphatic carbocycles. The molecule has 122 valence electrons. The van der Waals surface area contributed by atoms with Crippen LogP contribution in [0, 0.1) is 0 Å². The molecule has 6 nitrogen and oxygen atoms in total. The first-order valence-corrected chi connectivity index (χ1v) is 7.47. The highest BCUT2D eigenvalue weighted by atomic mass is 16.5. The van der Waals surface area contributed by atoms with Crippen molar-refractivity contribution in [3.05, 3.63) is 48.4 Å². The lowest BCUT2D eigenvalue weighted by molar-refractivity contribution is -0.0408. The zero-order valence-corrected chi connectivity index (χ0v) is 12.9. The standard InChI is InChI=1S/C17H19NO5/c1-20-13-4-2-5-14(10-13)23-12-15-11-18(7-9-21-15)17(19)16-6-3-8-22-16/h2-6,8,10,15H,7,9,11-12H2,1H3. The Morgan fingerprint density at radius 2 is 2.17 bits per heavy atom. The predicted octanol–water partition coefficient (Wildman–Crippen LogP) is 2.21. The van der Waals surface area contributed by atoms with E-state index in [0.717, 1.165) is 5.75 Å². The molecule has 2 heterocycles. The lowest BCUT2D eigenvalue weighted by atomic mass is 10.2. The molecule has 0 spiro atoms. The molecule has 0 radical (unpaired) electrons. The zero-order valence-electron chi connectivity index (χ0n) is 12.9. The van der Waals surface area contributed by atoms with Crippen molar-refractivity contribution in [1.82, 2.24) is 4.90 Å². The number of carbonyl (C=O) groups is 1. The third-order valence-electron chi connectivity index (χ3n) is 3.64. The Hall–Kier alpha value is -2.47. The molecule has 0 N–H and O–H groups in total. The van der Waals surface area contributed by atoms with Gasteiger partial charge in [0.05, 0.1) is 26.5 Å². The minimum absolute atomic E-state index is 0.121. The van der Waals surface area contributed by atoms with Gasteiger partial charge < -0.3 is 23.5 Å². The maximum Gasteiger partial charge on any atom is 0.289 e. The molecule has 2 aromatic rings. The molecule has 1 amide bonds. The van der Waals surface area contributed by atoms with Gasteiger partial charge in [-0.15, -0.1) is 0 Å². The summed E-state index contributed by atoms with van der Waals surface area (Å²) in [6.07, 6.45) is 1.32. The van der Waals surface area contributed by atoms with Crippen LogP contribution >= 0.6 is 0 Å². The van der Waals surface area contributed by atoms with Crippen molar-refractivity contribution in [2.45, 2.75) is 6.10 Å². The van der Waals surface area contributed by atoms with Crippen LogP contribution in [0.15, 0.2) is 47.1 Å². The molecule has 1 unspecified atom stereocenters. The number of benzene rings is 1. The fourth-order valence-electron chi connectivity index (χ4n) is 2.44. The fourth-order valence-corrected chi connectivity index (χ4v) is 2.44. The van der Waals surface area contributed by atoms with Gasteiger partial charge in [0.15, 0.2) is 5.76 Å². The smallest absolute Gasteiger partial charge is 0.289 e. The Morgan fingerprint density at radius 3 is 2.96 bits per heavy atom. The monoisotopic (exact) mass is 317 g/mol. The highest BCUT2D eigenvalue weighted by molar-refractivity contribution is 5.91. The zero-order chi connectivity index (χ0) is 16.1. The SMILES string of the molecule is COc1cccc(OCC2CN(C(=O)c3ccco3)CCO2)c1. The van der Waals surface area contributed by atoms with Gasteiger partial charge in [-0.2, -0.15) is 0 Å². The number of nitrogens with zero attached hydrogens (tertiary/aromatic N) is 1. The quantitative estimate of drug-likeness (QED) is 0.846. The van der Waals surface area contributed by atoms with Crippen LogP contribution in [0.2, 0.25) is 0 Å². The van der Waals surface area contributed by atoms with E-state index in [1.165, 1.54) is 6.26 Å². The number of hydrogen-bond donors (Lipinski definition) is 0. The van der Waals surface area contributed by atoms with E-state index in [1.807, 2.05) is 24.3 Å². The summed E-state index contributed by atoms with van der Waals surface area (Å²) < 4.78 is 21.7. The summed E-state index contributed by atoms with van der Waals surface area (Å²) in [5.74, 6) is 1.67. The average molecular weight is 317 g/mol. The highest BCUT2D eigenvalue weighted by Crippen LogP contribution is 2.20. The number of amides is 1. The van der Waals surface area contributed by atoms with Crippen molar-refractivity contribution in [3.8, 4) is 11.5 Å². The minimum atomic E-state index is -0.172. The van der Waals surface area contributed by atoms with Gasteiger partial charge in [0, 0.05) is 12.6 Å². The minimum Gasteiger partial charge on any atom is -0.497 e. The van der Waals surface area contributed by atoms with E-state index in [4.69, 9.17) is 18.6 Å². The molecule has 0 bridgehead atoms. The second-order valence-corrected chi connectivity index (χ2v) is 5.21. The first-order valence-electron chi connectivity index (χ1n) is 7.47. The Balaban J connectivity index is 1.55.